The number of anilines is 1. The molecule has 0 spiro atoms. The second-order valence-corrected chi connectivity index (χ2v) is 8.78. The lowest BCUT2D eigenvalue weighted by atomic mass is 10.0. The van der Waals surface area contributed by atoms with Gasteiger partial charge < -0.3 is 33.9 Å². The zero-order valence-corrected chi connectivity index (χ0v) is 22.2. The summed E-state index contributed by atoms with van der Waals surface area (Å²) in [6.07, 6.45) is 0.476. The molecule has 1 aromatic rings. The van der Waals surface area contributed by atoms with E-state index in [9.17, 15) is 19.2 Å². The van der Waals surface area contributed by atoms with Crippen LogP contribution in [0.25, 0.3) is 10.4 Å². The first kappa shape index (κ1) is 30.9. The highest BCUT2D eigenvalue weighted by Gasteiger charge is 2.39. The molecule has 0 radical (unpaired) electrons. The van der Waals surface area contributed by atoms with Crippen molar-refractivity contribution in [3.8, 4) is 0 Å². The largest absolute Gasteiger partial charge is 0.379 e. The van der Waals surface area contributed by atoms with E-state index in [2.05, 4.69) is 20.7 Å². The van der Waals surface area contributed by atoms with Crippen molar-refractivity contribution < 1.29 is 42.9 Å². The van der Waals surface area contributed by atoms with E-state index in [-0.39, 0.29) is 50.3 Å². The molecule has 2 aliphatic rings. The summed E-state index contributed by atoms with van der Waals surface area (Å²) in [7, 11) is 0. The molecule has 1 atom stereocenters. The van der Waals surface area contributed by atoms with Gasteiger partial charge in [-0.25, -0.2) is 0 Å². The van der Waals surface area contributed by atoms with Gasteiger partial charge in [-0.1, -0.05) is 5.11 Å². The van der Waals surface area contributed by atoms with E-state index < -0.39 is 11.9 Å². The summed E-state index contributed by atoms with van der Waals surface area (Å²) < 4.78 is 26.7. The minimum Gasteiger partial charge on any atom is -0.379 e. The molecular weight excluding hydrogens is 528 g/mol. The number of azide groups is 1. The van der Waals surface area contributed by atoms with Gasteiger partial charge in [0.15, 0.2) is 0 Å². The number of nitrogens with one attached hydrogen (secondary N) is 2. The van der Waals surface area contributed by atoms with Gasteiger partial charge in [0, 0.05) is 35.7 Å². The number of benzene rings is 1. The Morgan fingerprint density at radius 2 is 1.60 bits per heavy atom. The van der Waals surface area contributed by atoms with Crippen LogP contribution in [0.1, 0.15) is 28.8 Å². The van der Waals surface area contributed by atoms with E-state index in [1.54, 1.807) is 18.2 Å². The fourth-order valence-electron chi connectivity index (χ4n) is 4.04. The summed E-state index contributed by atoms with van der Waals surface area (Å²) in [5, 5.41) is 8.36. The topological polar surface area (TPSA) is 190 Å². The Kier molecular flexibility index (Phi) is 13.3. The van der Waals surface area contributed by atoms with Crippen LogP contribution in [0, 0.1) is 0 Å². The predicted molar refractivity (Wildman–Crippen MR) is 139 cm³/mol. The molecule has 2 aliphatic heterocycles. The number of nitrogens with zero attached hydrogens (tertiary/aromatic N) is 4. The fourth-order valence-corrected chi connectivity index (χ4v) is 4.04. The Bertz CT molecular complexity index is 1080. The van der Waals surface area contributed by atoms with Gasteiger partial charge in [-0.15, -0.1) is 0 Å². The quantitative estimate of drug-likeness (QED) is 0.0806. The van der Waals surface area contributed by atoms with Crippen molar-refractivity contribution in [3.05, 3.63) is 39.8 Å². The van der Waals surface area contributed by atoms with Crippen molar-refractivity contribution in [2.75, 3.05) is 77.9 Å². The number of amides is 4. The van der Waals surface area contributed by atoms with Gasteiger partial charge in [0.05, 0.1) is 59.5 Å². The van der Waals surface area contributed by atoms with Crippen molar-refractivity contribution >= 4 is 29.3 Å². The van der Waals surface area contributed by atoms with Gasteiger partial charge in [-0.05, 0) is 35.7 Å². The van der Waals surface area contributed by atoms with Crippen LogP contribution in [0.4, 0.5) is 5.69 Å². The van der Waals surface area contributed by atoms with Crippen molar-refractivity contribution in [2.45, 2.75) is 25.4 Å². The van der Waals surface area contributed by atoms with Crippen molar-refractivity contribution in [2.24, 2.45) is 5.11 Å². The van der Waals surface area contributed by atoms with E-state index in [0.717, 1.165) is 0 Å². The van der Waals surface area contributed by atoms with E-state index in [0.29, 0.717) is 76.2 Å². The standard InChI is InChI=1S/C25H34N6O9/c26-30-27-5-6-36-7-8-37-9-10-38-11-12-39-13-14-40-17-23(33)28-19-1-2-20-18(15-19)16-31(25(20)35)21-3-4-22(32)29-24(21)34/h1-2,15,21H,3-14,16-17H2,(H,28,33)(H,29,32,34). The molecule has 15 heteroatoms. The summed E-state index contributed by atoms with van der Waals surface area (Å²) in [5.41, 5.74) is 9.81. The first-order valence-corrected chi connectivity index (χ1v) is 13.0. The van der Waals surface area contributed by atoms with E-state index in [1.807, 2.05) is 0 Å². The van der Waals surface area contributed by atoms with Crippen LogP contribution in [-0.2, 0) is 44.6 Å². The lowest BCUT2D eigenvalue weighted by Crippen LogP contribution is -2.52. The molecule has 4 amide bonds. The van der Waals surface area contributed by atoms with Gasteiger partial charge in [0.2, 0.25) is 17.7 Å². The monoisotopic (exact) mass is 562 g/mol. The van der Waals surface area contributed by atoms with Crippen LogP contribution >= 0.6 is 0 Å². The molecule has 2 heterocycles. The Morgan fingerprint density at radius 3 is 2.23 bits per heavy atom. The van der Waals surface area contributed by atoms with Crippen LogP contribution in [0.5, 0.6) is 0 Å². The SMILES string of the molecule is [N-]=[N+]=NCCOCCOCCOCCOCCOCC(=O)Nc1ccc2c(c1)CN(C1CCC(=O)NC1=O)C2=O. The summed E-state index contributed by atoms with van der Waals surface area (Å²) in [6, 6.07) is 4.26. The molecular formula is C25H34N6O9. The van der Waals surface area contributed by atoms with Gasteiger partial charge in [0.1, 0.15) is 12.6 Å². The molecule has 0 aromatic heterocycles. The van der Waals surface area contributed by atoms with Crippen LogP contribution in [0.2, 0.25) is 0 Å². The Morgan fingerprint density at radius 1 is 0.975 bits per heavy atom. The number of ether oxygens (including phenoxy) is 5. The van der Waals surface area contributed by atoms with Crippen molar-refractivity contribution in [3.63, 3.8) is 0 Å². The third kappa shape index (κ3) is 10.2. The minimum absolute atomic E-state index is 0.162. The number of carbonyl (C=O) groups excluding carboxylic acids is 4. The first-order valence-electron chi connectivity index (χ1n) is 13.0. The molecule has 2 N–H and O–H groups in total. The van der Waals surface area contributed by atoms with Crippen LogP contribution in [0.15, 0.2) is 23.3 Å². The molecule has 0 aliphatic carbocycles. The second-order valence-electron chi connectivity index (χ2n) is 8.78. The number of fused-ring (bicyclic) bond motifs is 1. The van der Waals surface area contributed by atoms with Crippen molar-refractivity contribution in [1.29, 1.82) is 0 Å². The minimum atomic E-state index is -0.689. The molecule has 1 fully saturated rings. The van der Waals surface area contributed by atoms with Gasteiger partial charge in [-0.3, -0.25) is 24.5 Å². The number of rotatable bonds is 19. The van der Waals surface area contributed by atoms with Gasteiger partial charge in [-0.2, -0.15) is 0 Å². The van der Waals surface area contributed by atoms with Gasteiger partial charge in [0.25, 0.3) is 5.91 Å². The zero-order valence-electron chi connectivity index (χ0n) is 22.2. The highest BCUT2D eigenvalue weighted by Crippen LogP contribution is 2.29. The molecule has 1 unspecified atom stereocenters. The normalized spacial score (nSPS) is 16.4. The lowest BCUT2D eigenvalue weighted by molar-refractivity contribution is -0.137. The predicted octanol–water partition coefficient (Wildman–Crippen LogP) is 0.779. The first-order chi connectivity index (χ1) is 19.5. The summed E-state index contributed by atoms with van der Waals surface area (Å²) in [5.74, 6) is -1.43. The summed E-state index contributed by atoms with van der Waals surface area (Å²) in [6.45, 7) is 3.73. The highest BCUT2D eigenvalue weighted by atomic mass is 16.6. The Hall–Kier alpha value is -3.59. The van der Waals surface area contributed by atoms with Crippen LogP contribution in [-0.4, -0.2) is 107 Å². The summed E-state index contributed by atoms with van der Waals surface area (Å²) in [4.78, 5) is 52.6. The second kappa shape index (κ2) is 17.2. The third-order valence-electron chi connectivity index (χ3n) is 5.93. The summed E-state index contributed by atoms with van der Waals surface area (Å²) >= 11 is 0. The highest BCUT2D eigenvalue weighted by molar-refractivity contribution is 6.05. The lowest BCUT2D eigenvalue weighted by Gasteiger charge is -2.29. The van der Waals surface area contributed by atoms with Crippen molar-refractivity contribution in [1.82, 2.24) is 10.2 Å². The molecule has 218 valence electrons. The molecule has 1 saturated heterocycles. The molecule has 0 bridgehead atoms. The van der Waals surface area contributed by atoms with E-state index in [4.69, 9.17) is 29.2 Å². The Labute approximate surface area is 231 Å². The number of hydrogen-bond donors (Lipinski definition) is 2. The molecule has 15 nitrogen and oxygen atoms in total. The van der Waals surface area contributed by atoms with Crippen LogP contribution in [0.3, 0.4) is 0 Å². The molecule has 0 saturated carbocycles. The molecule has 3 rings (SSSR count). The smallest absolute Gasteiger partial charge is 0.255 e. The molecule has 1 aromatic carbocycles. The van der Waals surface area contributed by atoms with E-state index in [1.165, 1.54) is 4.90 Å². The number of hydrogen-bond acceptors (Lipinski definition) is 10. The number of piperidine rings is 1. The third-order valence-corrected chi connectivity index (χ3v) is 5.93. The average Bonchev–Trinajstić information content (AvgIpc) is 3.25. The van der Waals surface area contributed by atoms with Crippen LogP contribution < -0.4 is 10.6 Å². The maximum Gasteiger partial charge on any atom is 0.255 e. The number of carbonyl (C=O) groups is 4. The zero-order chi connectivity index (χ0) is 28.6. The average molecular weight is 563 g/mol. The maximum absolute atomic E-state index is 12.8. The fraction of sp³-hybridized carbons (Fsp3) is 0.600. The van der Waals surface area contributed by atoms with Gasteiger partial charge >= 0.3 is 0 Å². The number of imide groups is 1. The maximum atomic E-state index is 12.8. The Balaban J connectivity index is 1.20. The van der Waals surface area contributed by atoms with E-state index >= 15 is 0 Å². The molecule has 40 heavy (non-hydrogen) atoms.